The molecular weight excluding hydrogens is 232 g/mol. The molecule has 1 unspecified atom stereocenters. The quantitative estimate of drug-likeness (QED) is 0.622. The number of benzene rings is 1. The van der Waals surface area contributed by atoms with Gasteiger partial charge in [0.1, 0.15) is 6.04 Å². The molecular formula is C13H18N2O3. The number of aryl methyl sites for hydroxylation is 1. The SMILES string of the molecule is CCOC(=O)C(C)NC(=O)c1cc(C)ccc1N. The van der Waals surface area contributed by atoms with Crippen LogP contribution in [0.2, 0.25) is 0 Å². The molecule has 1 atom stereocenters. The number of rotatable bonds is 4. The summed E-state index contributed by atoms with van der Waals surface area (Å²) in [5.74, 6) is -0.839. The van der Waals surface area contributed by atoms with Crippen LogP contribution in [-0.4, -0.2) is 24.5 Å². The van der Waals surface area contributed by atoms with Crippen molar-refractivity contribution >= 4 is 17.6 Å². The monoisotopic (exact) mass is 250 g/mol. The van der Waals surface area contributed by atoms with Crippen molar-refractivity contribution in [1.82, 2.24) is 5.32 Å². The zero-order chi connectivity index (χ0) is 13.7. The van der Waals surface area contributed by atoms with Gasteiger partial charge in [0.2, 0.25) is 0 Å². The average Bonchev–Trinajstić information content (AvgIpc) is 2.32. The van der Waals surface area contributed by atoms with E-state index in [4.69, 9.17) is 10.5 Å². The van der Waals surface area contributed by atoms with Crippen molar-refractivity contribution in [3.63, 3.8) is 0 Å². The molecule has 0 saturated carbocycles. The van der Waals surface area contributed by atoms with E-state index in [2.05, 4.69) is 5.32 Å². The van der Waals surface area contributed by atoms with Gasteiger partial charge in [-0.3, -0.25) is 4.79 Å². The van der Waals surface area contributed by atoms with Gasteiger partial charge in [-0.05, 0) is 32.9 Å². The highest BCUT2D eigenvalue weighted by atomic mass is 16.5. The van der Waals surface area contributed by atoms with Gasteiger partial charge < -0.3 is 15.8 Å². The maximum Gasteiger partial charge on any atom is 0.328 e. The van der Waals surface area contributed by atoms with Gasteiger partial charge in [-0.1, -0.05) is 11.6 Å². The maximum absolute atomic E-state index is 11.9. The van der Waals surface area contributed by atoms with Crippen molar-refractivity contribution in [3.8, 4) is 0 Å². The Labute approximate surface area is 106 Å². The number of nitrogens with one attached hydrogen (secondary N) is 1. The number of esters is 1. The summed E-state index contributed by atoms with van der Waals surface area (Å²) in [6, 6.07) is 4.47. The highest BCUT2D eigenvalue weighted by Gasteiger charge is 2.18. The molecule has 0 bridgehead atoms. The van der Waals surface area contributed by atoms with E-state index in [1.165, 1.54) is 0 Å². The summed E-state index contributed by atoms with van der Waals surface area (Å²) in [5.41, 5.74) is 7.40. The molecule has 0 aliphatic heterocycles. The fourth-order valence-electron chi connectivity index (χ4n) is 1.47. The van der Waals surface area contributed by atoms with E-state index in [0.717, 1.165) is 5.56 Å². The zero-order valence-electron chi connectivity index (χ0n) is 10.8. The first kappa shape index (κ1) is 14.0. The molecule has 0 radical (unpaired) electrons. The summed E-state index contributed by atoms with van der Waals surface area (Å²) >= 11 is 0. The van der Waals surface area contributed by atoms with Gasteiger partial charge in [0.05, 0.1) is 12.2 Å². The van der Waals surface area contributed by atoms with Gasteiger partial charge in [0.25, 0.3) is 5.91 Å². The second-order valence-electron chi connectivity index (χ2n) is 4.04. The lowest BCUT2D eigenvalue weighted by molar-refractivity contribution is -0.144. The highest BCUT2D eigenvalue weighted by Crippen LogP contribution is 2.13. The van der Waals surface area contributed by atoms with Gasteiger partial charge in [-0.25, -0.2) is 4.79 Å². The van der Waals surface area contributed by atoms with Crippen LogP contribution in [0.5, 0.6) is 0 Å². The summed E-state index contributed by atoms with van der Waals surface area (Å²) in [4.78, 5) is 23.3. The molecule has 1 rings (SSSR count). The maximum atomic E-state index is 11.9. The number of nitrogens with two attached hydrogens (primary N) is 1. The molecule has 0 aromatic heterocycles. The van der Waals surface area contributed by atoms with Crippen molar-refractivity contribution in [2.75, 3.05) is 12.3 Å². The summed E-state index contributed by atoms with van der Waals surface area (Å²) in [6.07, 6.45) is 0. The average molecular weight is 250 g/mol. The number of nitrogen functional groups attached to an aromatic ring is 1. The van der Waals surface area contributed by atoms with Crippen molar-refractivity contribution in [1.29, 1.82) is 0 Å². The zero-order valence-corrected chi connectivity index (χ0v) is 10.8. The van der Waals surface area contributed by atoms with Crippen LogP contribution in [0.3, 0.4) is 0 Å². The second kappa shape index (κ2) is 6.05. The third kappa shape index (κ3) is 3.48. The third-order valence-corrected chi connectivity index (χ3v) is 2.44. The van der Waals surface area contributed by atoms with Crippen LogP contribution in [0.15, 0.2) is 18.2 Å². The number of hydrogen-bond donors (Lipinski definition) is 2. The minimum Gasteiger partial charge on any atom is -0.464 e. The first-order valence-electron chi connectivity index (χ1n) is 5.79. The molecule has 1 aromatic rings. The van der Waals surface area contributed by atoms with Crippen LogP contribution >= 0.6 is 0 Å². The topological polar surface area (TPSA) is 81.4 Å². The molecule has 1 amide bonds. The van der Waals surface area contributed by atoms with Gasteiger partial charge >= 0.3 is 5.97 Å². The standard InChI is InChI=1S/C13H18N2O3/c1-4-18-13(17)9(3)15-12(16)10-7-8(2)5-6-11(10)14/h5-7,9H,4,14H2,1-3H3,(H,15,16). The Bertz CT molecular complexity index is 458. The number of anilines is 1. The van der Waals surface area contributed by atoms with Gasteiger partial charge in [-0.2, -0.15) is 0 Å². The van der Waals surface area contributed by atoms with E-state index in [1.807, 2.05) is 13.0 Å². The largest absolute Gasteiger partial charge is 0.464 e. The smallest absolute Gasteiger partial charge is 0.328 e. The predicted molar refractivity (Wildman–Crippen MR) is 69.2 cm³/mol. The second-order valence-corrected chi connectivity index (χ2v) is 4.04. The van der Waals surface area contributed by atoms with Crippen molar-refractivity contribution < 1.29 is 14.3 Å². The lowest BCUT2D eigenvalue weighted by Gasteiger charge is -2.13. The van der Waals surface area contributed by atoms with E-state index in [0.29, 0.717) is 11.3 Å². The molecule has 98 valence electrons. The molecule has 0 spiro atoms. The molecule has 5 nitrogen and oxygen atoms in total. The van der Waals surface area contributed by atoms with Crippen molar-refractivity contribution in [3.05, 3.63) is 29.3 Å². The van der Waals surface area contributed by atoms with Crippen molar-refractivity contribution in [2.24, 2.45) is 0 Å². The van der Waals surface area contributed by atoms with Crippen LogP contribution < -0.4 is 11.1 Å². The normalized spacial score (nSPS) is 11.7. The minimum absolute atomic E-state index is 0.283. The highest BCUT2D eigenvalue weighted by molar-refractivity contribution is 6.01. The van der Waals surface area contributed by atoms with Gasteiger partial charge in [0, 0.05) is 5.69 Å². The fourth-order valence-corrected chi connectivity index (χ4v) is 1.47. The predicted octanol–water partition coefficient (Wildman–Crippen LogP) is 1.26. The Hall–Kier alpha value is -2.04. The van der Waals surface area contributed by atoms with Crippen LogP contribution in [0.1, 0.15) is 29.8 Å². The van der Waals surface area contributed by atoms with Crippen LogP contribution in [-0.2, 0) is 9.53 Å². The Morgan fingerprint density at radius 3 is 2.72 bits per heavy atom. The number of amides is 1. The number of carbonyl (C=O) groups is 2. The Morgan fingerprint density at radius 2 is 2.11 bits per heavy atom. The number of hydrogen-bond acceptors (Lipinski definition) is 4. The first-order chi connectivity index (χ1) is 8.45. The Balaban J connectivity index is 2.76. The summed E-state index contributed by atoms with van der Waals surface area (Å²) in [7, 11) is 0. The summed E-state index contributed by atoms with van der Waals surface area (Å²) in [6.45, 7) is 5.43. The van der Waals surface area contributed by atoms with E-state index in [-0.39, 0.29) is 12.5 Å². The molecule has 18 heavy (non-hydrogen) atoms. The lowest BCUT2D eigenvalue weighted by Crippen LogP contribution is -2.39. The lowest BCUT2D eigenvalue weighted by atomic mass is 10.1. The van der Waals surface area contributed by atoms with Crippen LogP contribution in [0, 0.1) is 6.92 Å². The Morgan fingerprint density at radius 1 is 1.44 bits per heavy atom. The van der Waals surface area contributed by atoms with E-state index in [1.54, 1.807) is 26.0 Å². The minimum atomic E-state index is -0.697. The van der Waals surface area contributed by atoms with Gasteiger partial charge in [-0.15, -0.1) is 0 Å². The van der Waals surface area contributed by atoms with Gasteiger partial charge in [0.15, 0.2) is 0 Å². The molecule has 0 saturated heterocycles. The van der Waals surface area contributed by atoms with E-state index in [9.17, 15) is 9.59 Å². The number of ether oxygens (including phenoxy) is 1. The van der Waals surface area contributed by atoms with Crippen LogP contribution in [0.25, 0.3) is 0 Å². The summed E-state index contributed by atoms with van der Waals surface area (Å²) in [5, 5.41) is 2.56. The Kier molecular flexibility index (Phi) is 4.71. The molecule has 3 N–H and O–H groups in total. The third-order valence-electron chi connectivity index (χ3n) is 2.44. The van der Waals surface area contributed by atoms with E-state index >= 15 is 0 Å². The molecule has 1 aromatic carbocycles. The molecule has 0 heterocycles. The van der Waals surface area contributed by atoms with Crippen molar-refractivity contribution in [2.45, 2.75) is 26.8 Å². The fraction of sp³-hybridized carbons (Fsp3) is 0.385. The number of carbonyl (C=O) groups excluding carboxylic acids is 2. The molecule has 5 heteroatoms. The first-order valence-corrected chi connectivity index (χ1v) is 5.79. The van der Waals surface area contributed by atoms with Crippen LogP contribution in [0.4, 0.5) is 5.69 Å². The summed E-state index contributed by atoms with van der Waals surface area (Å²) < 4.78 is 4.81. The molecule has 0 fully saturated rings. The molecule has 0 aliphatic rings. The van der Waals surface area contributed by atoms with E-state index < -0.39 is 12.0 Å². The molecule has 0 aliphatic carbocycles.